The minimum atomic E-state index is -1.35. The molecule has 0 atom stereocenters. The van der Waals surface area contributed by atoms with E-state index in [0.717, 1.165) is 17.0 Å². The van der Waals surface area contributed by atoms with Gasteiger partial charge in [0.05, 0.1) is 0 Å². The molecule has 3 aliphatic carbocycles. The lowest BCUT2D eigenvalue weighted by Gasteiger charge is -2.51. The second-order valence-corrected chi connectivity index (χ2v) is 14.3. The van der Waals surface area contributed by atoms with Crippen LogP contribution in [0.25, 0.3) is 0 Å². The van der Waals surface area contributed by atoms with E-state index in [2.05, 4.69) is 30.3 Å². The fourth-order valence-electron chi connectivity index (χ4n) is 6.70. The molecule has 0 spiro atoms. The first-order valence-corrected chi connectivity index (χ1v) is 14.2. The number of hydrogen-bond acceptors (Lipinski definition) is 0. The van der Waals surface area contributed by atoms with Gasteiger partial charge in [0, 0.05) is 4.75 Å². The maximum Gasteiger partial charge on any atom is 0.0452 e. The lowest BCUT2D eigenvalue weighted by molar-refractivity contribution is 0.458. The molecule has 27 heavy (non-hydrogen) atoms. The topological polar surface area (TPSA) is 0 Å². The molecule has 0 N–H and O–H groups in total. The third-order valence-electron chi connectivity index (χ3n) is 7.89. The average Bonchev–Trinajstić information content (AvgIpc) is 2.77. The molecule has 0 amide bonds. The summed E-state index contributed by atoms with van der Waals surface area (Å²) in [5.74, 6) is 0. The smallest absolute Gasteiger partial charge is 0.0452 e. The molecule has 150 valence electrons. The largest absolute Gasteiger partial charge is 0.0836 e. The maximum absolute atomic E-state index is 7.60. The van der Waals surface area contributed by atoms with Crippen molar-refractivity contribution in [1.29, 1.82) is 0 Å². The molecule has 3 saturated carbocycles. The highest BCUT2D eigenvalue weighted by Gasteiger charge is 2.45. The first kappa shape index (κ1) is 20.1. The summed E-state index contributed by atoms with van der Waals surface area (Å²) in [6.45, 7) is -1.35. The highest BCUT2D eigenvalue weighted by atomic mass is 35.5. The van der Waals surface area contributed by atoms with Gasteiger partial charge in [0.25, 0.3) is 0 Å². The second-order valence-electron chi connectivity index (χ2n) is 9.37. The number of rotatable bonds is 4. The predicted molar refractivity (Wildman–Crippen MR) is 124 cm³/mol. The van der Waals surface area contributed by atoms with Gasteiger partial charge in [0.2, 0.25) is 0 Å². The Hall–Kier alpha value is -0.190. The fraction of sp³-hybridized carbons (Fsp3) is 0.720. The fourth-order valence-corrected chi connectivity index (χ4v) is 15.1. The number of hydrogen-bond donors (Lipinski definition) is 0. The molecule has 0 aromatic heterocycles. The first-order chi connectivity index (χ1) is 13.3. The van der Waals surface area contributed by atoms with Crippen LogP contribution in [0.5, 0.6) is 0 Å². The quantitative estimate of drug-likeness (QED) is 0.441. The van der Waals surface area contributed by atoms with Gasteiger partial charge in [-0.25, -0.2) is 0 Å². The van der Waals surface area contributed by atoms with E-state index < -0.39 is 6.89 Å². The minimum absolute atomic E-state index is 0.921. The summed E-state index contributed by atoms with van der Waals surface area (Å²) in [5.41, 5.74) is 4.13. The Bertz CT molecular complexity index is 579. The maximum atomic E-state index is 7.60. The van der Waals surface area contributed by atoms with E-state index in [9.17, 15) is 0 Å². The van der Waals surface area contributed by atoms with Gasteiger partial charge in [0.1, 0.15) is 0 Å². The summed E-state index contributed by atoms with van der Waals surface area (Å²) in [5, 5.41) is 0. The minimum Gasteiger partial charge on any atom is -0.0836 e. The Morgan fingerprint density at radius 2 is 0.963 bits per heavy atom. The Morgan fingerprint density at radius 3 is 1.33 bits per heavy atom. The van der Waals surface area contributed by atoms with Crippen molar-refractivity contribution >= 4 is 23.2 Å². The molecule has 1 aromatic carbocycles. The van der Waals surface area contributed by atoms with Gasteiger partial charge in [-0.3, -0.25) is 0 Å². The molecule has 3 aliphatic rings. The Labute approximate surface area is 172 Å². The predicted octanol–water partition coefficient (Wildman–Crippen LogP) is 8.42. The van der Waals surface area contributed by atoms with Crippen molar-refractivity contribution in [2.45, 2.75) is 113 Å². The SMILES string of the molecule is ClC(c1ccccc1)=P(C1CCCCC1)(C1CCCCC1)C1CCCCC1. The lowest BCUT2D eigenvalue weighted by Crippen LogP contribution is -2.34. The zero-order valence-electron chi connectivity index (χ0n) is 17.1. The molecule has 0 bridgehead atoms. The average molecular weight is 405 g/mol. The molecule has 0 aliphatic heterocycles. The van der Waals surface area contributed by atoms with Crippen LogP contribution in [-0.4, -0.2) is 21.7 Å². The standard InChI is InChI=1S/C25H38ClP/c26-25(21-13-5-1-6-14-21)27(22-15-7-2-8-16-22,23-17-9-3-10-18-23)24-19-11-4-12-20-24/h1,5-6,13-14,22-24H,2-4,7-12,15-20H2. The molecule has 3 fully saturated rings. The van der Waals surface area contributed by atoms with Crippen LogP contribution in [0.4, 0.5) is 0 Å². The normalized spacial score (nSPS) is 24.0. The summed E-state index contributed by atoms with van der Waals surface area (Å²) in [4.78, 5) is 0. The van der Waals surface area contributed by atoms with Crippen LogP contribution in [0, 0.1) is 0 Å². The molecule has 4 rings (SSSR count). The van der Waals surface area contributed by atoms with Crippen molar-refractivity contribution < 1.29 is 0 Å². The van der Waals surface area contributed by atoms with Gasteiger partial charge in [-0.1, -0.05) is 107 Å². The van der Waals surface area contributed by atoms with Gasteiger partial charge >= 0.3 is 0 Å². The summed E-state index contributed by atoms with van der Waals surface area (Å²) >= 11 is 7.60. The first-order valence-electron chi connectivity index (χ1n) is 11.8. The van der Waals surface area contributed by atoms with Gasteiger partial charge in [0.15, 0.2) is 0 Å². The molecule has 0 saturated heterocycles. The van der Waals surface area contributed by atoms with E-state index in [4.69, 9.17) is 11.6 Å². The lowest BCUT2D eigenvalue weighted by atomic mass is 9.99. The molecule has 1 aromatic rings. The Morgan fingerprint density at radius 1 is 0.593 bits per heavy atom. The molecule has 0 heterocycles. The van der Waals surface area contributed by atoms with E-state index >= 15 is 0 Å². The van der Waals surface area contributed by atoms with Gasteiger partial charge in [-0.15, -0.1) is 0 Å². The summed E-state index contributed by atoms with van der Waals surface area (Å²) < 4.78 is 1.37. The van der Waals surface area contributed by atoms with Crippen LogP contribution in [0.2, 0.25) is 0 Å². The number of halogens is 1. The van der Waals surface area contributed by atoms with Crippen molar-refractivity contribution in [2.24, 2.45) is 0 Å². The van der Waals surface area contributed by atoms with Gasteiger partial charge in [-0.2, -0.15) is 0 Å². The zero-order valence-corrected chi connectivity index (χ0v) is 18.7. The molecular formula is C25H38ClP. The van der Waals surface area contributed by atoms with E-state index in [0.29, 0.717) is 0 Å². The monoisotopic (exact) mass is 404 g/mol. The van der Waals surface area contributed by atoms with Crippen LogP contribution >= 0.6 is 18.5 Å². The van der Waals surface area contributed by atoms with Gasteiger partial charge < -0.3 is 0 Å². The van der Waals surface area contributed by atoms with Crippen molar-refractivity contribution in [3.05, 3.63) is 35.9 Å². The van der Waals surface area contributed by atoms with E-state index in [-0.39, 0.29) is 0 Å². The summed E-state index contributed by atoms with van der Waals surface area (Å²) in [6.07, 6.45) is 21.8. The van der Waals surface area contributed by atoms with Crippen LogP contribution in [0.15, 0.2) is 30.3 Å². The molecule has 0 radical (unpaired) electrons. The summed E-state index contributed by atoms with van der Waals surface area (Å²) in [6, 6.07) is 11.2. The van der Waals surface area contributed by atoms with E-state index in [1.54, 1.807) is 0 Å². The third kappa shape index (κ3) is 4.09. The zero-order chi connectivity index (χ0) is 18.5. The van der Waals surface area contributed by atoms with Crippen molar-refractivity contribution in [2.75, 3.05) is 0 Å². The summed E-state index contributed by atoms with van der Waals surface area (Å²) in [7, 11) is 0. The third-order valence-corrected chi connectivity index (χ3v) is 15.1. The number of benzene rings is 1. The van der Waals surface area contributed by atoms with Crippen molar-refractivity contribution in [3.8, 4) is 0 Å². The molecule has 0 unspecified atom stereocenters. The van der Waals surface area contributed by atoms with E-state index in [1.807, 2.05) is 0 Å². The molecular weight excluding hydrogens is 367 g/mol. The Kier molecular flexibility index (Phi) is 7.10. The van der Waals surface area contributed by atoms with Crippen LogP contribution < -0.4 is 0 Å². The van der Waals surface area contributed by atoms with Crippen LogP contribution in [-0.2, 0) is 0 Å². The second kappa shape index (κ2) is 9.54. The van der Waals surface area contributed by atoms with E-state index in [1.165, 1.54) is 107 Å². The Balaban J connectivity index is 1.89. The van der Waals surface area contributed by atoms with Crippen molar-refractivity contribution in [1.82, 2.24) is 0 Å². The van der Waals surface area contributed by atoms with Crippen LogP contribution in [0.3, 0.4) is 0 Å². The highest BCUT2D eigenvalue weighted by molar-refractivity contribution is 7.81. The molecule has 2 heteroatoms. The van der Waals surface area contributed by atoms with Crippen LogP contribution in [0.1, 0.15) is 102 Å². The van der Waals surface area contributed by atoms with Gasteiger partial charge in [-0.05, 0) is 61.1 Å². The van der Waals surface area contributed by atoms with Crippen molar-refractivity contribution in [3.63, 3.8) is 0 Å². The molecule has 0 nitrogen and oxygen atoms in total. The highest BCUT2D eigenvalue weighted by Crippen LogP contribution is 2.71.